The normalized spacial score (nSPS) is 15.0. The topological polar surface area (TPSA) is 38.8 Å². The predicted octanol–water partition coefficient (Wildman–Crippen LogP) is 3.69. The number of alkyl halides is 1. The van der Waals surface area contributed by atoms with Crippen LogP contribution in [0.1, 0.15) is 31.9 Å². The van der Waals surface area contributed by atoms with Crippen molar-refractivity contribution in [3.63, 3.8) is 0 Å². The molecule has 116 valence electrons. The van der Waals surface area contributed by atoms with E-state index in [-0.39, 0.29) is 24.8 Å². The molecule has 0 saturated carbocycles. The van der Waals surface area contributed by atoms with Crippen molar-refractivity contribution in [1.82, 2.24) is 4.90 Å². The quantitative estimate of drug-likeness (QED) is 0.742. The molecule has 1 aliphatic rings. The van der Waals surface area contributed by atoms with Crippen molar-refractivity contribution in [3.05, 3.63) is 29.1 Å². The fourth-order valence-electron chi connectivity index (χ4n) is 2.09. The third-order valence-electron chi connectivity index (χ3n) is 2.96. The predicted molar refractivity (Wildman–Crippen MR) is 78.1 cm³/mol. The van der Waals surface area contributed by atoms with Crippen molar-refractivity contribution in [2.45, 2.75) is 38.8 Å². The van der Waals surface area contributed by atoms with Crippen LogP contribution in [0.3, 0.4) is 0 Å². The molecule has 0 atom stereocenters. The van der Waals surface area contributed by atoms with Gasteiger partial charge in [0.2, 0.25) is 0 Å². The summed E-state index contributed by atoms with van der Waals surface area (Å²) in [5.41, 5.74) is 0.688. The summed E-state index contributed by atoms with van der Waals surface area (Å²) in [4.78, 5) is 13.7. The highest BCUT2D eigenvalue weighted by atomic mass is 35.5. The van der Waals surface area contributed by atoms with Crippen LogP contribution < -0.4 is 4.74 Å². The Morgan fingerprint density at radius 2 is 2.19 bits per heavy atom. The molecule has 1 aliphatic heterocycles. The van der Waals surface area contributed by atoms with Crippen LogP contribution in [-0.2, 0) is 17.2 Å². The number of halogens is 2. The molecule has 1 aromatic rings. The van der Waals surface area contributed by atoms with Gasteiger partial charge in [-0.05, 0) is 38.5 Å². The van der Waals surface area contributed by atoms with Crippen molar-refractivity contribution in [3.8, 4) is 5.75 Å². The minimum absolute atomic E-state index is 0.190. The SMILES string of the molecule is CC(C)(C)OC(=O)N1CCOc2c(F)cc(CCl)cc2C1. The second-order valence-electron chi connectivity index (χ2n) is 5.95. The molecular weight excluding hydrogens is 297 g/mol. The first-order valence-electron chi connectivity index (χ1n) is 6.78. The second kappa shape index (κ2) is 6.10. The van der Waals surface area contributed by atoms with E-state index in [1.165, 1.54) is 11.0 Å². The van der Waals surface area contributed by atoms with Gasteiger partial charge in [-0.15, -0.1) is 11.6 Å². The summed E-state index contributed by atoms with van der Waals surface area (Å²) in [6.07, 6.45) is -0.435. The van der Waals surface area contributed by atoms with Gasteiger partial charge in [0.15, 0.2) is 11.6 Å². The summed E-state index contributed by atoms with van der Waals surface area (Å²) >= 11 is 5.76. The zero-order valence-corrected chi connectivity index (χ0v) is 13.2. The summed E-state index contributed by atoms with van der Waals surface area (Å²) < 4.78 is 24.7. The van der Waals surface area contributed by atoms with Crippen molar-refractivity contribution < 1.29 is 18.7 Å². The van der Waals surface area contributed by atoms with Crippen LogP contribution in [0, 0.1) is 5.82 Å². The van der Waals surface area contributed by atoms with E-state index in [0.29, 0.717) is 17.7 Å². The Bertz CT molecular complexity index is 542. The molecule has 0 unspecified atom stereocenters. The maximum atomic E-state index is 14.0. The van der Waals surface area contributed by atoms with Gasteiger partial charge in [0.1, 0.15) is 12.2 Å². The van der Waals surface area contributed by atoms with E-state index < -0.39 is 17.5 Å². The molecule has 0 aliphatic carbocycles. The summed E-state index contributed by atoms with van der Waals surface area (Å²) in [6, 6.07) is 3.11. The van der Waals surface area contributed by atoms with E-state index in [0.717, 1.165) is 0 Å². The number of amides is 1. The molecular formula is C15H19ClFNO3. The third-order valence-corrected chi connectivity index (χ3v) is 3.26. The standard InChI is InChI=1S/C15H19ClFNO3/c1-15(2,3)21-14(19)18-4-5-20-13-11(9-18)6-10(8-16)7-12(13)17/h6-7H,4-5,8-9H2,1-3H3. The van der Waals surface area contributed by atoms with E-state index in [1.807, 2.05) is 0 Å². The van der Waals surface area contributed by atoms with Crippen LogP contribution in [0.4, 0.5) is 9.18 Å². The average molecular weight is 316 g/mol. The van der Waals surface area contributed by atoms with Crippen LogP contribution >= 0.6 is 11.6 Å². The Morgan fingerprint density at radius 3 is 2.81 bits per heavy atom. The Hall–Kier alpha value is -1.49. The third kappa shape index (κ3) is 4.00. The molecule has 0 aromatic heterocycles. The second-order valence-corrected chi connectivity index (χ2v) is 6.22. The summed E-state index contributed by atoms with van der Waals surface area (Å²) in [6.45, 7) is 6.23. The highest BCUT2D eigenvalue weighted by molar-refractivity contribution is 6.17. The lowest BCUT2D eigenvalue weighted by Crippen LogP contribution is -2.37. The maximum absolute atomic E-state index is 14.0. The average Bonchev–Trinajstić information content (AvgIpc) is 2.59. The lowest BCUT2D eigenvalue weighted by molar-refractivity contribution is 0.0225. The summed E-state index contributed by atoms with van der Waals surface area (Å²) in [5.74, 6) is -0.0551. The fourth-order valence-corrected chi connectivity index (χ4v) is 2.25. The molecule has 21 heavy (non-hydrogen) atoms. The smallest absolute Gasteiger partial charge is 0.410 e. The van der Waals surface area contributed by atoms with Crippen LogP contribution in [0.15, 0.2) is 12.1 Å². The number of rotatable bonds is 1. The van der Waals surface area contributed by atoms with Gasteiger partial charge in [-0.1, -0.05) is 0 Å². The van der Waals surface area contributed by atoms with Gasteiger partial charge in [0.25, 0.3) is 0 Å². The van der Waals surface area contributed by atoms with Gasteiger partial charge in [-0.3, -0.25) is 0 Å². The molecule has 0 fully saturated rings. The zero-order valence-electron chi connectivity index (χ0n) is 12.4. The number of carbonyl (C=O) groups is 1. The van der Waals surface area contributed by atoms with Gasteiger partial charge < -0.3 is 14.4 Å². The Morgan fingerprint density at radius 1 is 1.48 bits per heavy atom. The number of benzene rings is 1. The van der Waals surface area contributed by atoms with E-state index in [9.17, 15) is 9.18 Å². The monoisotopic (exact) mass is 315 g/mol. The number of carbonyl (C=O) groups excluding carboxylic acids is 1. The van der Waals surface area contributed by atoms with Crippen LogP contribution in [0.5, 0.6) is 5.75 Å². The first-order valence-corrected chi connectivity index (χ1v) is 7.31. The molecule has 0 saturated heterocycles. The molecule has 0 bridgehead atoms. The first kappa shape index (κ1) is 15.9. The molecule has 1 aromatic carbocycles. The summed E-state index contributed by atoms with van der Waals surface area (Å²) in [5, 5.41) is 0. The van der Waals surface area contributed by atoms with E-state index in [2.05, 4.69) is 0 Å². The van der Waals surface area contributed by atoms with E-state index >= 15 is 0 Å². The zero-order chi connectivity index (χ0) is 15.6. The fraction of sp³-hybridized carbons (Fsp3) is 0.533. The minimum Gasteiger partial charge on any atom is -0.488 e. The molecule has 0 spiro atoms. The number of hydrogen-bond donors (Lipinski definition) is 0. The molecule has 0 N–H and O–H groups in total. The van der Waals surface area contributed by atoms with Gasteiger partial charge in [0.05, 0.1) is 13.1 Å². The van der Waals surface area contributed by atoms with Crippen molar-refractivity contribution in [1.29, 1.82) is 0 Å². The number of fused-ring (bicyclic) bond motifs is 1. The largest absolute Gasteiger partial charge is 0.488 e. The van der Waals surface area contributed by atoms with Crippen molar-refractivity contribution >= 4 is 17.7 Å². The van der Waals surface area contributed by atoms with Gasteiger partial charge in [-0.2, -0.15) is 0 Å². The molecule has 2 rings (SSSR count). The van der Waals surface area contributed by atoms with Gasteiger partial charge in [-0.25, -0.2) is 9.18 Å². The highest BCUT2D eigenvalue weighted by Crippen LogP contribution is 2.29. The van der Waals surface area contributed by atoms with Crippen LogP contribution in [-0.4, -0.2) is 29.7 Å². The minimum atomic E-state index is -0.573. The molecule has 1 heterocycles. The van der Waals surface area contributed by atoms with E-state index in [4.69, 9.17) is 21.1 Å². The summed E-state index contributed by atoms with van der Waals surface area (Å²) in [7, 11) is 0. The molecule has 1 amide bonds. The van der Waals surface area contributed by atoms with E-state index in [1.54, 1.807) is 26.8 Å². The highest BCUT2D eigenvalue weighted by Gasteiger charge is 2.26. The van der Waals surface area contributed by atoms with Crippen LogP contribution in [0.2, 0.25) is 0 Å². The number of hydrogen-bond acceptors (Lipinski definition) is 3. The van der Waals surface area contributed by atoms with Crippen LogP contribution in [0.25, 0.3) is 0 Å². The Balaban J connectivity index is 2.24. The van der Waals surface area contributed by atoms with Crippen molar-refractivity contribution in [2.24, 2.45) is 0 Å². The first-order chi connectivity index (χ1) is 9.80. The molecule has 0 radical (unpaired) electrons. The van der Waals surface area contributed by atoms with Gasteiger partial charge >= 0.3 is 6.09 Å². The Kier molecular flexibility index (Phi) is 4.61. The molecule has 6 heteroatoms. The number of nitrogens with zero attached hydrogens (tertiary/aromatic N) is 1. The van der Waals surface area contributed by atoms with Crippen molar-refractivity contribution in [2.75, 3.05) is 13.2 Å². The molecule has 4 nitrogen and oxygen atoms in total. The lowest BCUT2D eigenvalue weighted by atomic mass is 10.1. The Labute approximate surface area is 128 Å². The number of ether oxygens (including phenoxy) is 2. The maximum Gasteiger partial charge on any atom is 0.410 e. The lowest BCUT2D eigenvalue weighted by Gasteiger charge is -2.26. The van der Waals surface area contributed by atoms with Gasteiger partial charge in [0, 0.05) is 11.4 Å².